The number of nitrogens with zero attached hydrogens (tertiary/aromatic N) is 1. The lowest BCUT2D eigenvalue weighted by molar-refractivity contribution is 0.512. The van der Waals surface area contributed by atoms with Gasteiger partial charge in [-0.3, -0.25) is 0 Å². The molecule has 0 aliphatic heterocycles. The van der Waals surface area contributed by atoms with Crippen molar-refractivity contribution >= 4 is 5.84 Å². The van der Waals surface area contributed by atoms with Gasteiger partial charge in [-0.25, -0.2) is 9.38 Å². The first-order chi connectivity index (χ1) is 5.34. The molecule has 0 fully saturated rings. The molecule has 1 aromatic rings. The SMILES string of the molecule is NC(=NCF)c1ccccc1. The zero-order valence-corrected chi connectivity index (χ0v) is 6.00. The molecular weight excluding hydrogens is 143 g/mol. The Morgan fingerprint density at radius 3 is 2.55 bits per heavy atom. The topological polar surface area (TPSA) is 38.4 Å². The van der Waals surface area contributed by atoms with Crippen molar-refractivity contribution in [2.45, 2.75) is 0 Å². The highest BCUT2D eigenvalue weighted by atomic mass is 19.1. The zero-order chi connectivity index (χ0) is 8.10. The minimum Gasteiger partial charge on any atom is -0.383 e. The van der Waals surface area contributed by atoms with Crippen LogP contribution in [-0.4, -0.2) is 12.6 Å². The van der Waals surface area contributed by atoms with Gasteiger partial charge in [0.15, 0.2) is 6.80 Å². The molecule has 1 rings (SSSR count). The van der Waals surface area contributed by atoms with Crippen molar-refractivity contribution < 1.29 is 4.39 Å². The van der Waals surface area contributed by atoms with E-state index >= 15 is 0 Å². The minimum absolute atomic E-state index is 0.244. The molecule has 0 radical (unpaired) electrons. The van der Waals surface area contributed by atoms with Gasteiger partial charge in [0.1, 0.15) is 5.84 Å². The highest BCUT2D eigenvalue weighted by Crippen LogP contribution is 1.97. The first-order valence-electron chi connectivity index (χ1n) is 3.26. The molecule has 0 aliphatic rings. The number of hydrogen-bond acceptors (Lipinski definition) is 1. The highest BCUT2D eigenvalue weighted by molar-refractivity contribution is 5.97. The van der Waals surface area contributed by atoms with E-state index in [0.717, 1.165) is 5.56 Å². The fourth-order valence-corrected chi connectivity index (χ4v) is 0.765. The summed E-state index contributed by atoms with van der Waals surface area (Å²) in [6, 6.07) is 9.10. The predicted octanol–water partition coefficient (Wildman–Crippen LogP) is 1.32. The largest absolute Gasteiger partial charge is 0.383 e. The summed E-state index contributed by atoms with van der Waals surface area (Å²) in [5.74, 6) is 0.244. The molecule has 0 saturated carbocycles. The van der Waals surface area contributed by atoms with Gasteiger partial charge in [0.25, 0.3) is 0 Å². The van der Waals surface area contributed by atoms with E-state index in [1.54, 1.807) is 12.1 Å². The lowest BCUT2D eigenvalue weighted by atomic mass is 10.2. The van der Waals surface area contributed by atoms with Crippen LogP contribution >= 0.6 is 0 Å². The van der Waals surface area contributed by atoms with Crippen LogP contribution < -0.4 is 5.73 Å². The number of benzene rings is 1. The maximum Gasteiger partial charge on any atom is 0.181 e. The monoisotopic (exact) mass is 152 g/mol. The van der Waals surface area contributed by atoms with Crippen LogP contribution in [0.15, 0.2) is 35.3 Å². The first kappa shape index (κ1) is 7.72. The standard InChI is InChI=1S/C8H9FN2/c9-6-11-8(10)7-4-2-1-3-5-7/h1-5H,6H2,(H2,10,11). The van der Waals surface area contributed by atoms with E-state index in [0.29, 0.717) is 0 Å². The molecule has 0 saturated heterocycles. The Morgan fingerprint density at radius 2 is 2.00 bits per heavy atom. The van der Waals surface area contributed by atoms with Crippen molar-refractivity contribution in [1.82, 2.24) is 0 Å². The summed E-state index contributed by atoms with van der Waals surface area (Å²) >= 11 is 0. The third kappa shape index (κ3) is 2.04. The van der Waals surface area contributed by atoms with Gasteiger partial charge < -0.3 is 5.73 Å². The normalized spacial score (nSPS) is 11.5. The molecule has 0 aromatic heterocycles. The molecule has 1 aromatic carbocycles. The molecule has 0 bridgehead atoms. The summed E-state index contributed by atoms with van der Waals surface area (Å²) in [6.45, 7) is -0.763. The third-order valence-electron chi connectivity index (χ3n) is 1.30. The lowest BCUT2D eigenvalue weighted by Gasteiger charge is -1.96. The average molecular weight is 152 g/mol. The average Bonchev–Trinajstić information content (AvgIpc) is 2.07. The second-order valence-electron chi connectivity index (χ2n) is 2.03. The van der Waals surface area contributed by atoms with Gasteiger partial charge in [0.05, 0.1) is 0 Å². The van der Waals surface area contributed by atoms with Crippen LogP contribution in [0.2, 0.25) is 0 Å². The number of aliphatic imine (C=N–C) groups is 1. The zero-order valence-electron chi connectivity index (χ0n) is 6.00. The molecule has 3 heteroatoms. The Hall–Kier alpha value is -1.38. The van der Waals surface area contributed by atoms with Crippen molar-refractivity contribution in [3.63, 3.8) is 0 Å². The fourth-order valence-electron chi connectivity index (χ4n) is 0.765. The van der Waals surface area contributed by atoms with E-state index < -0.39 is 6.80 Å². The van der Waals surface area contributed by atoms with Gasteiger partial charge >= 0.3 is 0 Å². The van der Waals surface area contributed by atoms with Crippen molar-refractivity contribution in [3.8, 4) is 0 Å². The fraction of sp³-hybridized carbons (Fsp3) is 0.125. The van der Waals surface area contributed by atoms with E-state index in [2.05, 4.69) is 4.99 Å². The number of rotatable bonds is 2. The van der Waals surface area contributed by atoms with Crippen molar-refractivity contribution in [2.24, 2.45) is 10.7 Å². The van der Waals surface area contributed by atoms with Gasteiger partial charge in [-0.05, 0) is 0 Å². The van der Waals surface area contributed by atoms with Gasteiger partial charge in [-0.15, -0.1) is 0 Å². The molecule has 0 heterocycles. The van der Waals surface area contributed by atoms with Crippen LogP contribution in [0.25, 0.3) is 0 Å². The smallest absolute Gasteiger partial charge is 0.181 e. The Morgan fingerprint density at radius 1 is 1.36 bits per heavy atom. The molecule has 0 spiro atoms. The molecule has 2 N–H and O–H groups in total. The van der Waals surface area contributed by atoms with E-state index in [-0.39, 0.29) is 5.84 Å². The van der Waals surface area contributed by atoms with Crippen molar-refractivity contribution in [2.75, 3.05) is 6.80 Å². The Kier molecular flexibility index (Phi) is 2.60. The maximum atomic E-state index is 11.7. The van der Waals surface area contributed by atoms with Crippen molar-refractivity contribution in [3.05, 3.63) is 35.9 Å². The molecule has 0 aliphatic carbocycles. The number of halogens is 1. The minimum atomic E-state index is -0.763. The summed E-state index contributed by atoms with van der Waals surface area (Å²) in [5.41, 5.74) is 6.17. The number of nitrogens with two attached hydrogens (primary N) is 1. The highest BCUT2D eigenvalue weighted by Gasteiger charge is 1.93. The van der Waals surface area contributed by atoms with Crippen LogP contribution in [0.4, 0.5) is 4.39 Å². The predicted molar refractivity (Wildman–Crippen MR) is 43.1 cm³/mol. The number of hydrogen-bond donors (Lipinski definition) is 1. The molecule has 0 unspecified atom stereocenters. The van der Waals surface area contributed by atoms with Gasteiger partial charge in [0, 0.05) is 5.56 Å². The van der Waals surface area contributed by atoms with Crippen LogP contribution in [0.5, 0.6) is 0 Å². The first-order valence-corrected chi connectivity index (χ1v) is 3.26. The maximum absolute atomic E-state index is 11.7. The van der Waals surface area contributed by atoms with Crippen LogP contribution in [0.3, 0.4) is 0 Å². The number of amidine groups is 1. The number of alkyl halides is 1. The van der Waals surface area contributed by atoms with E-state index in [4.69, 9.17) is 5.73 Å². The van der Waals surface area contributed by atoms with E-state index in [1.165, 1.54) is 0 Å². The van der Waals surface area contributed by atoms with E-state index in [1.807, 2.05) is 18.2 Å². The van der Waals surface area contributed by atoms with Gasteiger partial charge in [0.2, 0.25) is 0 Å². The molecule has 58 valence electrons. The summed E-state index contributed by atoms with van der Waals surface area (Å²) in [7, 11) is 0. The van der Waals surface area contributed by atoms with Gasteiger partial charge in [-0.2, -0.15) is 0 Å². The molecule has 2 nitrogen and oxygen atoms in total. The van der Waals surface area contributed by atoms with Crippen LogP contribution in [0, 0.1) is 0 Å². The van der Waals surface area contributed by atoms with Crippen molar-refractivity contribution in [1.29, 1.82) is 0 Å². The van der Waals surface area contributed by atoms with Crippen LogP contribution in [0.1, 0.15) is 5.56 Å². The Labute approximate surface area is 64.6 Å². The Bertz CT molecular complexity index is 244. The van der Waals surface area contributed by atoms with Gasteiger partial charge in [-0.1, -0.05) is 30.3 Å². The van der Waals surface area contributed by atoms with E-state index in [9.17, 15) is 4.39 Å². The summed E-state index contributed by atoms with van der Waals surface area (Å²) in [6.07, 6.45) is 0. The van der Waals surface area contributed by atoms with Crippen LogP contribution in [-0.2, 0) is 0 Å². The second kappa shape index (κ2) is 3.71. The third-order valence-corrected chi connectivity index (χ3v) is 1.30. The summed E-state index contributed by atoms with van der Waals surface area (Å²) in [4.78, 5) is 3.42. The lowest BCUT2D eigenvalue weighted by Crippen LogP contribution is -2.12. The quantitative estimate of drug-likeness (QED) is 0.387. The Balaban J connectivity index is 2.85. The second-order valence-corrected chi connectivity index (χ2v) is 2.03. The molecular formula is C8H9FN2. The molecule has 11 heavy (non-hydrogen) atoms. The summed E-state index contributed by atoms with van der Waals surface area (Å²) < 4.78 is 11.7. The summed E-state index contributed by atoms with van der Waals surface area (Å²) in [5, 5.41) is 0. The molecule has 0 amide bonds. The molecule has 0 atom stereocenters.